The number of hydrazone groups is 1. The van der Waals surface area contributed by atoms with E-state index in [1.807, 2.05) is 48.5 Å². The Morgan fingerprint density at radius 2 is 1.72 bits per heavy atom. The smallest absolute Gasteiger partial charge is 0.161 e. The standard InChI is InChI=1S/C22H19Cl3N2O2/c1-28-22-11-15(12-26-27-13-17-4-2-3-5-18(17)23)7-9-21(22)29-14-16-6-8-19(24)20(25)10-16/h2-12,27H,13-14H2,1H3/b26-12-. The Morgan fingerprint density at radius 3 is 2.48 bits per heavy atom. The number of benzene rings is 3. The maximum atomic E-state index is 6.13. The van der Waals surface area contributed by atoms with E-state index in [0.717, 1.165) is 16.7 Å². The Morgan fingerprint density at radius 1 is 0.897 bits per heavy atom. The molecule has 0 unspecified atom stereocenters. The van der Waals surface area contributed by atoms with Crippen LogP contribution < -0.4 is 14.9 Å². The summed E-state index contributed by atoms with van der Waals surface area (Å²) in [5.74, 6) is 1.24. The van der Waals surface area contributed by atoms with Gasteiger partial charge in [-0.2, -0.15) is 5.10 Å². The van der Waals surface area contributed by atoms with E-state index in [2.05, 4.69) is 10.5 Å². The van der Waals surface area contributed by atoms with Crippen molar-refractivity contribution in [3.63, 3.8) is 0 Å². The van der Waals surface area contributed by atoms with E-state index in [4.69, 9.17) is 44.3 Å². The van der Waals surface area contributed by atoms with Crippen LogP contribution in [0.25, 0.3) is 0 Å². The van der Waals surface area contributed by atoms with Crippen molar-refractivity contribution < 1.29 is 9.47 Å². The molecular weight excluding hydrogens is 431 g/mol. The molecule has 0 spiro atoms. The molecule has 0 amide bonds. The van der Waals surface area contributed by atoms with E-state index >= 15 is 0 Å². The average molecular weight is 450 g/mol. The summed E-state index contributed by atoms with van der Waals surface area (Å²) in [6, 6.07) is 18.6. The van der Waals surface area contributed by atoms with E-state index in [1.165, 1.54) is 0 Å². The van der Waals surface area contributed by atoms with Crippen molar-refractivity contribution in [3.05, 3.63) is 92.4 Å². The van der Waals surface area contributed by atoms with E-state index in [-0.39, 0.29) is 0 Å². The lowest BCUT2D eigenvalue weighted by Crippen LogP contribution is -2.06. The maximum Gasteiger partial charge on any atom is 0.161 e. The molecule has 150 valence electrons. The second-order valence-corrected chi connectivity index (χ2v) is 7.35. The van der Waals surface area contributed by atoms with Gasteiger partial charge in [0.25, 0.3) is 0 Å². The summed E-state index contributed by atoms with van der Waals surface area (Å²) in [6.07, 6.45) is 1.71. The molecular formula is C22H19Cl3N2O2. The minimum atomic E-state index is 0.347. The van der Waals surface area contributed by atoms with E-state index in [9.17, 15) is 0 Å². The number of nitrogens with zero attached hydrogens (tertiary/aromatic N) is 1. The highest BCUT2D eigenvalue weighted by Gasteiger charge is 2.07. The van der Waals surface area contributed by atoms with Gasteiger partial charge < -0.3 is 14.9 Å². The van der Waals surface area contributed by atoms with Crippen LogP contribution in [-0.2, 0) is 13.2 Å². The predicted molar refractivity (Wildman–Crippen MR) is 120 cm³/mol. The van der Waals surface area contributed by atoms with Crippen molar-refractivity contribution >= 4 is 41.0 Å². The van der Waals surface area contributed by atoms with E-state index < -0.39 is 0 Å². The highest BCUT2D eigenvalue weighted by atomic mass is 35.5. The molecule has 0 radical (unpaired) electrons. The van der Waals surface area contributed by atoms with Crippen LogP contribution in [0.4, 0.5) is 0 Å². The van der Waals surface area contributed by atoms with Crippen LogP contribution in [0, 0.1) is 0 Å². The maximum absolute atomic E-state index is 6.13. The van der Waals surface area contributed by atoms with Gasteiger partial charge in [0.1, 0.15) is 6.61 Å². The summed E-state index contributed by atoms with van der Waals surface area (Å²) < 4.78 is 11.3. The third-order valence-corrected chi connectivity index (χ3v) is 5.21. The van der Waals surface area contributed by atoms with Crippen LogP contribution in [0.2, 0.25) is 15.1 Å². The number of ether oxygens (including phenoxy) is 2. The zero-order valence-electron chi connectivity index (χ0n) is 15.7. The molecule has 29 heavy (non-hydrogen) atoms. The minimum Gasteiger partial charge on any atom is -0.493 e. The normalized spacial score (nSPS) is 10.9. The molecule has 0 aromatic heterocycles. The fourth-order valence-electron chi connectivity index (χ4n) is 2.57. The zero-order chi connectivity index (χ0) is 20.6. The molecule has 3 aromatic carbocycles. The van der Waals surface area contributed by atoms with Crippen molar-refractivity contribution in [1.82, 2.24) is 5.43 Å². The summed E-state index contributed by atoms with van der Waals surface area (Å²) in [6.45, 7) is 0.887. The molecule has 0 saturated carbocycles. The number of methoxy groups -OCH3 is 1. The summed E-state index contributed by atoms with van der Waals surface area (Å²) in [7, 11) is 1.60. The second kappa shape index (κ2) is 10.4. The van der Waals surface area contributed by atoms with Crippen LogP contribution in [0.3, 0.4) is 0 Å². The van der Waals surface area contributed by atoms with Gasteiger partial charge in [-0.15, -0.1) is 0 Å². The second-order valence-electron chi connectivity index (χ2n) is 6.13. The van der Waals surface area contributed by atoms with Crippen LogP contribution >= 0.6 is 34.8 Å². The molecule has 0 aliphatic heterocycles. The summed E-state index contributed by atoms with van der Waals surface area (Å²) in [5, 5.41) is 5.96. The Balaban J connectivity index is 1.60. The summed E-state index contributed by atoms with van der Waals surface area (Å²) >= 11 is 18.1. The highest BCUT2D eigenvalue weighted by Crippen LogP contribution is 2.29. The number of hydrogen-bond donors (Lipinski definition) is 1. The first-order valence-electron chi connectivity index (χ1n) is 8.81. The van der Waals surface area contributed by atoms with Crippen molar-refractivity contribution in [2.45, 2.75) is 13.2 Å². The fourth-order valence-corrected chi connectivity index (χ4v) is 3.09. The third kappa shape index (κ3) is 6.04. The van der Waals surface area contributed by atoms with Crippen molar-refractivity contribution in [3.8, 4) is 11.5 Å². The number of rotatable bonds is 8. The SMILES string of the molecule is COc1cc(/C=N\NCc2ccccc2Cl)ccc1OCc1ccc(Cl)c(Cl)c1. The lowest BCUT2D eigenvalue weighted by Gasteiger charge is -2.12. The van der Waals surface area contributed by atoms with Crippen LogP contribution in [0.15, 0.2) is 65.8 Å². The van der Waals surface area contributed by atoms with Gasteiger partial charge in [-0.1, -0.05) is 59.1 Å². The van der Waals surface area contributed by atoms with Gasteiger partial charge in [0.05, 0.1) is 29.9 Å². The van der Waals surface area contributed by atoms with Crippen LogP contribution in [0.5, 0.6) is 11.5 Å². The number of nitrogens with one attached hydrogen (secondary N) is 1. The molecule has 0 aliphatic rings. The molecule has 0 bridgehead atoms. The molecule has 7 heteroatoms. The highest BCUT2D eigenvalue weighted by molar-refractivity contribution is 6.42. The summed E-state index contributed by atoms with van der Waals surface area (Å²) in [5.41, 5.74) is 5.75. The minimum absolute atomic E-state index is 0.347. The first-order valence-corrected chi connectivity index (χ1v) is 9.94. The van der Waals surface area contributed by atoms with Crippen molar-refractivity contribution in [1.29, 1.82) is 0 Å². The molecule has 1 N–H and O–H groups in total. The molecule has 4 nitrogen and oxygen atoms in total. The monoisotopic (exact) mass is 448 g/mol. The molecule has 3 rings (SSSR count). The first-order chi connectivity index (χ1) is 14.1. The zero-order valence-corrected chi connectivity index (χ0v) is 17.9. The van der Waals surface area contributed by atoms with Gasteiger partial charge >= 0.3 is 0 Å². The van der Waals surface area contributed by atoms with E-state index in [1.54, 1.807) is 25.5 Å². The van der Waals surface area contributed by atoms with Gasteiger partial charge in [0.2, 0.25) is 0 Å². The predicted octanol–water partition coefficient (Wildman–Crippen LogP) is 6.36. The Kier molecular flexibility index (Phi) is 7.64. The lowest BCUT2D eigenvalue weighted by molar-refractivity contribution is 0.284. The number of halogens is 3. The third-order valence-electron chi connectivity index (χ3n) is 4.10. The molecule has 0 heterocycles. The lowest BCUT2D eigenvalue weighted by atomic mass is 10.2. The molecule has 0 saturated heterocycles. The van der Waals surface area contributed by atoms with Gasteiger partial charge in [-0.25, -0.2) is 0 Å². The van der Waals surface area contributed by atoms with Crippen LogP contribution in [-0.4, -0.2) is 13.3 Å². The Labute approximate surface area is 185 Å². The molecule has 3 aromatic rings. The molecule has 0 fully saturated rings. The quantitative estimate of drug-likeness (QED) is 0.321. The number of hydrogen-bond acceptors (Lipinski definition) is 4. The average Bonchev–Trinajstić information content (AvgIpc) is 2.73. The summed E-state index contributed by atoms with van der Waals surface area (Å²) in [4.78, 5) is 0. The Hall–Kier alpha value is -2.40. The van der Waals surface area contributed by atoms with Gasteiger partial charge in [-0.3, -0.25) is 0 Å². The molecule has 0 atom stereocenters. The van der Waals surface area contributed by atoms with Crippen LogP contribution in [0.1, 0.15) is 16.7 Å². The largest absolute Gasteiger partial charge is 0.493 e. The fraction of sp³-hybridized carbons (Fsp3) is 0.136. The van der Waals surface area contributed by atoms with Crippen molar-refractivity contribution in [2.24, 2.45) is 5.10 Å². The van der Waals surface area contributed by atoms with Crippen molar-refractivity contribution in [2.75, 3.05) is 7.11 Å². The van der Waals surface area contributed by atoms with Gasteiger partial charge in [0.15, 0.2) is 11.5 Å². The van der Waals surface area contributed by atoms with E-state index in [0.29, 0.717) is 39.7 Å². The first kappa shape index (κ1) is 21.3. The molecule has 0 aliphatic carbocycles. The van der Waals surface area contributed by atoms with Gasteiger partial charge in [-0.05, 0) is 53.1 Å². The van der Waals surface area contributed by atoms with Gasteiger partial charge in [0, 0.05) is 5.02 Å². The topological polar surface area (TPSA) is 42.8 Å². The Bertz CT molecular complexity index is 1010.